The zero-order valence-electron chi connectivity index (χ0n) is 12.4. The van der Waals surface area contributed by atoms with E-state index in [9.17, 15) is 9.90 Å². The van der Waals surface area contributed by atoms with Gasteiger partial charge < -0.3 is 26.4 Å². The van der Waals surface area contributed by atoms with E-state index < -0.39 is 12.0 Å². The van der Waals surface area contributed by atoms with Crippen LogP contribution in [0.25, 0.3) is 11.1 Å². The number of aliphatic imine (C=N–C) groups is 1. The van der Waals surface area contributed by atoms with E-state index in [0.29, 0.717) is 41.5 Å². The number of thioether (sulfide) groups is 1. The second kappa shape index (κ2) is 7.63. The molecule has 0 aliphatic carbocycles. The van der Waals surface area contributed by atoms with Gasteiger partial charge in [-0.25, -0.2) is 9.78 Å². The van der Waals surface area contributed by atoms with Gasteiger partial charge in [-0.05, 0) is 19.1 Å². The number of nitrogens with two attached hydrogens (primary N) is 2. The minimum Gasteiger partial charge on any atom is -0.480 e. The van der Waals surface area contributed by atoms with Gasteiger partial charge in [0.05, 0.1) is 0 Å². The molecule has 0 amide bonds. The Kier molecular flexibility index (Phi) is 5.57. The van der Waals surface area contributed by atoms with E-state index in [-0.39, 0.29) is 5.96 Å². The van der Waals surface area contributed by atoms with Crippen LogP contribution in [-0.2, 0) is 4.79 Å². The first-order valence-corrected chi connectivity index (χ1v) is 7.95. The lowest BCUT2D eigenvalue weighted by atomic mass is 10.1. The summed E-state index contributed by atoms with van der Waals surface area (Å²) in [6.07, 6.45) is 4.22. The van der Waals surface area contributed by atoms with E-state index in [1.807, 2.05) is 6.26 Å². The van der Waals surface area contributed by atoms with E-state index in [4.69, 9.17) is 16.0 Å². The average Bonchev–Trinajstić information content (AvgIpc) is 2.91. The number of rotatable bonds is 8. The summed E-state index contributed by atoms with van der Waals surface area (Å²) in [6, 6.07) is -0.849. The molecule has 0 aromatic carbocycles. The third kappa shape index (κ3) is 4.45. The zero-order valence-corrected chi connectivity index (χ0v) is 13.2. The number of hydrogen-bond donors (Lipinski definition) is 4. The molecule has 23 heavy (non-hydrogen) atoms. The number of aromatic nitrogens is 3. The van der Waals surface area contributed by atoms with Crippen molar-refractivity contribution in [1.82, 2.24) is 15.1 Å². The Morgan fingerprint density at radius 1 is 1.57 bits per heavy atom. The lowest BCUT2D eigenvalue weighted by molar-refractivity contribution is -0.138. The molecule has 10 nitrogen and oxygen atoms in total. The molecular formula is C12H17N7O3S. The van der Waals surface area contributed by atoms with Crippen LogP contribution in [0, 0.1) is 0 Å². The van der Waals surface area contributed by atoms with Crippen LogP contribution >= 0.6 is 11.8 Å². The van der Waals surface area contributed by atoms with Crippen LogP contribution < -0.4 is 16.8 Å². The summed E-state index contributed by atoms with van der Waals surface area (Å²) in [5, 5.41) is 17.0. The highest BCUT2D eigenvalue weighted by molar-refractivity contribution is 7.98. The maximum absolute atomic E-state index is 11.3. The number of hydrogen-bond acceptors (Lipinski definition) is 8. The molecule has 2 heterocycles. The molecule has 1 atom stereocenters. The summed E-state index contributed by atoms with van der Waals surface area (Å²) in [6.45, 7) is 0.355. The number of guanidine groups is 1. The SMILES string of the molecule is CSc1ncc2c(N[C@@H](CCCN=C(N)N)C(=O)O)noc2n1. The molecule has 2 rings (SSSR count). The third-order valence-corrected chi connectivity index (χ3v) is 3.51. The monoisotopic (exact) mass is 339 g/mol. The lowest BCUT2D eigenvalue weighted by Crippen LogP contribution is -2.30. The molecule has 0 aliphatic rings. The summed E-state index contributed by atoms with van der Waals surface area (Å²) >= 11 is 1.37. The molecule has 0 aliphatic heterocycles. The standard InChI is InChI=1S/C12H17N7O3S/c1-23-12-16-5-6-8(19-22-9(6)18-12)17-7(10(20)21)3-2-4-15-11(13)14/h5,7H,2-4H2,1H3,(H,17,19)(H,20,21)(H4,13,14,15)/t7-/m0/s1. The van der Waals surface area contributed by atoms with Crippen molar-refractivity contribution in [1.29, 1.82) is 0 Å². The topological polar surface area (TPSA) is 166 Å². The maximum atomic E-state index is 11.3. The van der Waals surface area contributed by atoms with Gasteiger partial charge in [0, 0.05) is 12.7 Å². The summed E-state index contributed by atoms with van der Waals surface area (Å²) < 4.78 is 5.10. The second-order valence-electron chi connectivity index (χ2n) is 4.59. The Labute approximate surface area is 135 Å². The van der Waals surface area contributed by atoms with Crippen molar-refractivity contribution in [2.45, 2.75) is 24.0 Å². The Bertz CT molecular complexity index is 714. The highest BCUT2D eigenvalue weighted by atomic mass is 32.2. The Hall–Kier alpha value is -2.56. The van der Waals surface area contributed by atoms with E-state index >= 15 is 0 Å². The van der Waals surface area contributed by atoms with Crippen LogP contribution in [0.15, 0.2) is 20.9 Å². The summed E-state index contributed by atoms with van der Waals surface area (Å²) in [4.78, 5) is 23.4. The van der Waals surface area contributed by atoms with Crippen molar-refractivity contribution in [3.8, 4) is 0 Å². The van der Waals surface area contributed by atoms with Gasteiger partial charge in [0.2, 0.25) is 0 Å². The van der Waals surface area contributed by atoms with E-state index in [1.165, 1.54) is 11.8 Å². The van der Waals surface area contributed by atoms with Crippen LogP contribution in [0.3, 0.4) is 0 Å². The fourth-order valence-electron chi connectivity index (χ4n) is 1.85. The number of nitrogens with zero attached hydrogens (tertiary/aromatic N) is 4. The molecule has 0 fully saturated rings. The van der Waals surface area contributed by atoms with Crippen molar-refractivity contribution in [2.75, 3.05) is 18.1 Å². The quantitative estimate of drug-likeness (QED) is 0.172. The van der Waals surface area contributed by atoms with Gasteiger partial charge in [0.1, 0.15) is 11.4 Å². The fourth-order valence-corrected chi connectivity index (χ4v) is 2.18. The van der Waals surface area contributed by atoms with Gasteiger partial charge in [0.25, 0.3) is 5.71 Å². The molecule has 2 aromatic rings. The number of aliphatic carboxylic acids is 1. The molecule has 0 saturated heterocycles. The first-order chi connectivity index (χ1) is 11.0. The van der Waals surface area contributed by atoms with Gasteiger partial charge in [-0.1, -0.05) is 16.9 Å². The van der Waals surface area contributed by atoms with Crippen molar-refractivity contribution < 1.29 is 14.4 Å². The van der Waals surface area contributed by atoms with Gasteiger partial charge in [-0.2, -0.15) is 4.98 Å². The number of fused-ring (bicyclic) bond motifs is 1. The van der Waals surface area contributed by atoms with E-state index in [2.05, 4.69) is 25.4 Å². The Morgan fingerprint density at radius 2 is 2.35 bits per heavy atom. The van der Waals surface area contributed by atoms with Crippen molar-refractivity contribution >= 4 is 40.6 Å². The lowest BCUT2D eigenvalue weighted by Gasteiger charge is -2.12. The van der Waals surface area contributed by atoms with Gasteiger partial charge in [-0.3, -0.25) is 4.99 Å². The first kappa shape index (κ1) is 16.8. The normalized spacial score (nSPS) is 12.0. The average molecular weight is 339 g/mol. The van der Waals surface area contributed by atoms with Gasteiger partial charge in [-0.15, -0.1) is 0 Å². The van der Waals surface area contributed by atoms with Crippen LogP contribution in [0.1, 0.15) is 12.8 Å². The fraction of sp³-hybridized carbons (Fsp3) is 0.417. The van der Waals surface area contributed by atoms with Crippen molar-refractivity contribution in [3.05, 3.63) is 6.20 Å². The predicted molar refractivity (Wildman–Crippen MR) is 86.3 cm³/mol. The number of nitrogens with one attached hydrogen (secondary N) is 1. The molecule has 0 spiro atoms. The van der Waals surface area contributed by atoms with Crippen LogP contribution in [-0.4, -0.2) is 51.0 Å². The van der Waals surface area contributed by atoms with Crippen LogP contribution in [0.4, 0.5) is 5.82 Å². The maximum Gasteiger partial charge on any atom is 0.326 e. The second-order valence-corrected chi connectivity index (χ2v) is 5.36. The molecular weight excluding hydrogens is 322 g/mol. The number of carboxylic acid groups (broad SMARTS) is 1. The molecule has 6 N–H and O–H groups in total. The van der Waals surface area contributed by atoms with Crippen LogP contribution in [0.2, 0.25) is 0 Å². The molecule has 2 aromatic heterocycles. The summed E-state index contributed by atoms with van der Waals surface area (Å²) in [5.74, 6) is -0.733. The van der Waals surface area contributed by atoms with E-state index in [0.717, 1.165) is 0 Å². The number of carboxylic acids is 1. The number of carbonyl (C=O) groups is 1. The molecule has 0 bridgehead atoms. The highest BCUT2D eigenvalue weighted by Gasteiger charge is 2.20. The molecule has 124 valence electrons. The minimum atomic E-state index is -1.01. The van der Waals surface area contributed by atoms with Crippen LogP contribution in [0.5, 0.6) is 0 Å². The molecule has 0 unspecified atom stereocenters. The Morgan fingerprint density at radius 3 is 3.00 bits per heavy atom. The van der Waals surface area contributed by atoms with E-state index in [1.54, 1.807) is 6.20 Å². The highest BCUT2D eigenvalue weighted by Crippen LogP contribution is 2.23. The molecule has 0 radical (unpaired) electrons. The summed E-state index contributed by atoms with van der Waals surface area (Å²) in [7, 11) is 0. The number of anilines is 1. The van der Waals surface area contributed by atoms with Gasteiger partial charge in [0.15, 0.2) is 16.9 Å². The molecule has 0 saturated carbocycles. The predicted octanol–water partition coefficient (Wildman–Crippen LogP) is 0.258. The largest absolute Gasteiger partial charge is 0.480 e. The summed E-state index contributed by atoms with van der Waals surface area (Å²) in [5.41, 5.74) is 10.7. The molecule has 11 heteroatoms. The van der Waals surface area contributed by atoms with Crippen molar-refractivity contribution in [2.24, 2.45) is 16.5 Å². The zero-order chi connectivity index (χ0) is 16.8. The Balaban J connectivity index is 2.08. The van der Waals surface area contributed by atoms with Gasteiger partial charge >= 0.3 is 5.97 Å². The minimum absolute atomic E-state index is 0.0194. The van der Waals surface area contributed by atoms with Crippen molar-refractivity contribution in [3.63, 3.8) is 0 Å². The first-order valence-electron chi connectivity index (χ1n) is 6.72. The third-order valence-electron chi connectivity index (χ3n) is 2.95. The smallest absolute Gasteiger partial charge is 0.326 e.